The minimum absolute atomic E-state index is 0.348. The van der Waals surface area contributed by atoms with Crippen molar-refractivity contribution in [3.63, 3.8) is 0 Å². The lowest BCUT2D eigenvalue weighted by atomic mass is 9.84. The SMILES string of the molecule is [C-]#[N+]c1ccc(CCNC2CCC(Cc3nccc(/C=C4\SC(=O)NC4=O)n3)CC2)cc1. The molecule has 164 valence electrons. The molecule has 2 fully saturated rings. The fourth-order valence-electron chi connectivity index (χ4n) is 4.14. The third-order valence-corrected chi connectivity index (χ3v) is 6.69. The van der Waals surface area contributed by atoms with Crippen LogP contribution in [0, 0.1) is 12.5 Å². The third-order valence-electron chi connectivity index (χ3n) is 5.88. The number of carbonyl (C=O) groups excluding carboxylic acids is 2. The molecule has 0 radical (unpaired) electrons. The van der Waals surface area contributed by atoms with Crippen molar-refractivity contribution in [2.24, 2.45) is 5.92 Å². The van der Waals surface area contributed by atoms with Crippen molar-refractivity contribution in [1.82, 2.24) is 20.6 Å². The largest absolute Gasteiger partial charge is 0.314 e. The van der Waals surface area contributed by atoms with E-state index in [1.807, 2.05) is 24.3 Å². The maximum absolute atomic E-state index is 11.7. The summed E-state index contributed by atoms with van der Waals surface area (Å²) in [6.45, 7) is 7.96. The Labute approximate surface area is 191 Å². The molecule has 0 bridgehead atoms. The lowest BCUT2D eigenvalue weighted by Gasteiger charge is -2.29. The molecule has 1 aliphatic heterocycles. The molecular formula is C24H25N5O2S. The first-order valence-corrected chi connectivity index (χ1v) is 11.7. The van der Waals surface area contributed by atoms with Crippen LogP contribution >= 0.6 is 11.8 Å². The second kappa shape index (κ2) is 10.5. The maximum Gasteiger partial charge on any atom is 0.290 e. The van der Waals surface area contributed by atoms with Gasteiger partial charge in [0.1, 0.15) is 5.82 Å². The van der Waals surface area contributed by atoms with Gasteiger partial charge in [-0.3, -0.25) is 14.9 Å². The molecule has 8 heteroatoms. The van der Waals surface area contributed by atoms with Gasteiger partial charge in [-0.1, -0.05) is 24.3 Å². The molecule has 2 amide bonds. The number of rotatable bonds is 7. The Bertz CT molecular complexity index is 1050. The van der Waals surface area contributed by atoms with E-state index in [4.69, 9.17) is 6.57 Å². The molecule has 0 atom stereocenters. The Kier molecular flexibility index (Phi) is 7.30. The zero-order valence-electron chi connectivity index (χ0n) is 17.7. The van der Waals surface area contributed by atoms with E-state index < -0.39 is 0 Å². The maximum atomic E-state index is 11.7. The lowest BCUT2D eigenvalue weighted by Crippen LogP contribution is -2.35. The predicted octanol–water partition coefficient (Wildman–Crippen LogP) is 4.28. The van der Waals surface area contributed by atoms with E-state index in [1.54, 1.807) is 18.3 Å². The van der Waals surface area contributed by atoms with Gasteiger partial charge < -0.3 is 5.32 Å². The van der Waals surface area contributed by atoms with Crippen molar-refractivity contribution in [3.8, 4) is 0 Å². The highest BCUT2D eigenvalue weighted by Gasteiger charge is 2.25. The van der Waals surface area contributed by atoms with Gasteiger partial charge in [0, 0.05) is 18.7 Å². The minimum Gasteiger partial charge on any atom is -0.314 e. The fraction of sp³-hybridized carbons (Fsp3) is 0.375. The van der Waals surface area contributed by atoms with Crippen LogP contribution in [-0.2, 0) is 17.6 Å². The summed E-state index contributed by atoms with van der Waals surface area (Å²) in [6.07, 6.45) is 9.72. The highest BCUT2D eigenvalue weighted by molar-refractivity contribution is 8.18. The van der Waals surface area contributed by atoms with Gasteiger partial charge in [0.25, 0.3) is 11.1 Å². The number of aromatic nitrogens is 2. The number of hydrogen-bond acceptors (Lipinski definition) is 6. The summed E-state index contributed by atoms with van der Waals surface area (Å²) in [6, 6.07) is 10.1. The molecule has 32 heavy (non-hydrogen) atoms. The number of hydrogen-bond donors (Lipinski definition) is 2. The highest BCUT2D eigenvalue weighted by atomic mass is 32.2. The van der Waals surface area contributed by atoms with E-state index in [2.05, 4.69) is 25.4 Å². The molecule has 2 heterocycles. The molecule has 4 rings (SSSR count). The van der Waals surface area contributed by atoms with E-state index in [9.17, 15) is 9.59 Å². The number of nitrogens with one attached hydrogen (secondary N) is 2. The molecule has 0 unspecified atom stereocenters. The topological polar surface area (TPSA) is 88.3 Å². The Morgan fingerprint density at radius 1 is 1.16 bits per heavy atom. The van der Waals surface area contributed by atoms with Crippen LogP contribution in [0.5, 0.6) is 0 Å². The second-order valence-electron chi connectivity index (χ2n) is 8.15. The summed E-state index contributed by atoms with van der Waals surface area (Å²) in [7, 11) is 0. The van der Waals surface area contributed by atoms with Crippen LogP contribution in [0.2, 0.25) is 0 Å². The summed E-state index contributed by atoms with van der Waals surface area (Å²) >= 11 is 0.899. The van der Waals surface area contributed by atoms with E-state index >= 15 is 0 Å². The van der Waals surface area contributed by atoms with Gasteiger partial charge >= 0.3 is 0 Å². The first kappa shape index (κ1) is 22.2. The van der Waals surface area contributed by atoms with Gasteiger partial charge in [0.05, 0.1) is 17.2 Å². The molecule has 0 spiro atoms. The number of amides is 2. The Hall–Kier alpha value is -3.02. The van der Waals surface area contributed by atoms with Crippen molar-refractivity contribution in [2.45, 2.75) is 44.6 Å². The van der Waals surface area contributed by atoms with Crippen molar-refractivity contribution in [3.05, 3.63) is 69.9 Å². The molecule has 2 aromatic rings. The Morgan fingerprint density at radius 2 is 1.94 bits per heavy atom. The quantitative estimate of drug-likeness (QED) is 0.486. The minimum atomic E-state index is -0.369. The first-order valence-electron chi connectivity index (χ1n) is 10.9. The van der Waals surface area contributed by atoms with E-state index in [0.717, 1.165) is 62.7 Å². The molecule has 1 saturated heterocycles. The fourth-order valence-corrected chi connectivity index (χ4v) is 4.80. The Morgan fingerprint density at radius 3 is 2.62 bits per heavy atom. The van der Waals surface area contributed by atoms with Crippen LogP contribution in [0.3, 0.4) is 0 Å². The molecule has 2 N–H and O–H groups in total. The normalized spacial score (nSPS) is 22.0. The Balaban J connectivity index is 1.22. The molecular weight excluding hydrogens is 422 g/mol. The average Bonchev–Trinajstić information content (AvgIpc) is 3.12. The van der Waals surface area contributed by atoms with Crippen LogP contribution in [0.15, 0.2) is 41.4 Å². The predicted molar refractivity (Wildman–Crippen MR) is 125 cm³/mol. The van der Waals surface area contributed by atoms with Crippen LogP contribution in [0.25, 0.3) is 10.9 Å². The third kappa shape index (κ3) is 6.02. The van der Waals surface area contributed by atoms with Gasteiger partial charge in [0.2, 0.25) is 0 Å². The molecule has 1 saturated carbocycles. The van der Waals surface area contributed by atoms with Gasteiger partial charge in [-0.2, -0.15) is 0 Å². The summed E-state index contributed by atoms with van der Waals surface area (Å²) in [5.41, 5.74) is 2.59. The van der Waals surface area contributed by atoms with Crippen molar-refractivity contribution < 1.29 is 9.59 Å². The number of imide groups is 1. The van der Waals surface area contributed by atoms with Crippen molar-refractivity contribution in [1.29, 1.82) is 0 Å². The van der Waals surface area contributed by atoms with Crippen LogP contribution in [0.1, 0.15) is 42.8 Å². The summed E-state index contributed by atoms with van der Waals surface area (Å²) in [4.78, 5) is 35.8. The van der Waals surface area contributed by atoms with Crippen LogP contribution in [-0.4, -0.2) is 33.7 Å². The van der Waals surface area contributed by atoms with Crippen molar-refractivity contribution >= 4 is 34.7 Å². The van der Waals surface area contributed by atoms with E-state index in [-0.39, 0.29) is 11.1 Å². The van der Waals surface area contributed by atoms with E-state index in [1.165, 1.54) is 5.56 Å². The van der Waals surface area contributed by atoms with Crippen LogP contribution in [0.4, 0.5) is 10.5 Å². The smallest absolute Gasteiger partial charge is 0.290 e. The highest BCUT2D eigenvalue weighted by Crippen LogP contribution is 2.28. The number of carbonyl (C=O) groups is 2. The van der Waals surface area contributed by atoms with Gasteiger partial charge in [-0.25, -0.2) is 14.8 Å². The zero-order chi connectivity index (χ0) is 22.3. The molecule has 1 aromatic carbocycles. The number of nitrogens with zero attached hydrogens (tertiary/aromatic N) is 3. The lowest BCUT2D eigenvalue weighted by molar-refractivity contribution is -0.115. The molecule has 7 nitrogen and oxygen atoms in total. The summed E-state index contributed by atoms with van der Waals surface area (Å²) in [5, 5.41) is 5.58. The molecule has 1 aromatic heterocycles. The second-order valence-corrected chi connectivity index (χ2v) is 9.17. The van der Waals surface area contributed by atoms with Crippen molar-refractivity contribution in [2.75, 3.05) is 6.54 Å². The van der Waals surface area contributed by atoms with Gasteiger partial charge in [-0.15, -0.1) is 0 Å². The first-order chi connectivity index (χ1) is 15.6. The van der Waals surface area contributed by atoms with Gasteiger partial charge in [-0.05, 0) is 74.0 Å². The molecule has 2 aliphatic rings. The number of benzene rings is 1. The van der Waals surface area contributed by atoms with E-state index in [0.29, 0.717) is 28.2 Å². The van der Waals surface area contributed by atoms with Crippen LogP contribution < -0.4 is 10.6 Å². The summed E-state index contributed by atoms with van der Waals surface area (Å²) < 4.78 is 0. The summed E-state index contributed by atoms with van der Waals surface area (Å²) in [5.74, 6) is 0.975. The van der Waals surface area contributed by atoms with Gasteiger partial charge in [0.15, 0.2) is 5.69 Å². The average molecular weight is 448 g/mol. The standard InChI is InChI=1S/C24H25N5O2S/c1-25-18-6-2-16(3-7-18)10-12-26-19-8-4-17(5-9-19)14-22-27-13-11-20(28-22)15-21-23(30)29-24(31)32-21/h2-3,6-7,11,13,15,17,19,26H,4-5,8-10,12,14H2,(H,29,30,31)/b21-15-. The molecule has 1 aliphatic carbocycles. The number of thioether (sulfide) groups is 1. The monoisotopic (exact) mass is 447 g/mol. The zero-order valence-corrected chi connectivity index (χ0v) is 18.5.